The van der Waals surface area contributed by atoms with Gasteiger partial charge in [-0.05, 0) is 31.2 Å². The number of anilines is 1. The van der Waals surface area contributed by atoms with Crippen molar-refractivity contribution in [1.82, 2.24) is 4.98 Å². The van der Waals surface area contributed by atoms with Gasteiger partial charge in [0.25, 0.3) is 0 Å². The predicted molar refractivity (Wildman–Crippen MR) is 78.8 cm³/mol. The highest BCUT2D eigenvalue weighted by molar-refractivity contribution is 9.10. The van der Waals surface area contributed by atoms with E-state index in [2.05, 4.69) is 20.9 Å². The smallest absolute Gasteiger partial charge is 0.340 e. The Kier molecular flexibility index (Phi) is 4.57. The van der Waals surface area contributed by atoms with Gasteiger partial charge in [0, 0.05) is 10.7 Å². The van der Waals surface area contributed by atoms with E-state index in [1.807, 2.05) is 12.1 Å². The van der Waals surface area contributed by atoms with E-state index in [-0.39, 0.29) is 23.7 Å². The van der Waals surface area contributed by atoms with Gasteiger partial charge in [-0.15, -0.1) is 0 Å². The summed E-state index contributed by atoms with van der Waals surface area (Å²) >= 11 is 3.35. The van der Waals surface area contributed by atoms with Crippen LogP contribution in [0.4, 0.5) is 5.69 Å². The van der Waals surface area contributed by atoms with Crippen molar-refractivity contribution in [1.29, 1.82) is 0 Å². The number of rotatable bonds is 4. The molecule has 0 amide bonds. The number of ether oxygens (including phenoxy) is 2. The van der Waals surface area contributed by atoms with Crippen LogP contribution in [0.1, 0.15) is 17.3 Å². The fourth-order valence-corrected chi connectivity index (χ4v) is 1.94. The van der Waals surface area contributed by atoms with Crippen LogP contribution in [0.25, 0.3) is 0 Å². The highest BCUT2D eigenvalue weighted by Crippen LogP contribution is 2.29. The molecule has 1 aromatic heterocycles. The molecule has 0 bridgehead atoms. The van der Waals surface area contributed by atoms with E-state index in [9.17, 15) is 4.79 Å². The van der Waals surface area contributed by atoms with E-state index < -0.39 is 5.97 Å². The summed E-state index contributed by atoms with van der Waals surface area (Å²) < 4.78 is 11.4. The average molecular weight is 337 g/mol. The third kappa shape index (κ3) is 3.27. The van der Waals surface area contributed by atoms with Crippen molar-refractivity contribution in [3.63, 3.8) is 0 Å². The zero-order valence-corrected chi connectivity index (χ0v) is 12.4. The number of nitrogen functional groups attached to an aromatic ring is 1. The Morgan fingerprint density at radius 3 is 2.90 bits per heavy atom. The number of nitrogens with zero attached hydrogens (tertiary/aromatic N) is 1. The Morgan fingerprint density at radius 2 is 2.20 bits per heavy atom. The van der Waals surface area contributed by atoms with Gasteiger partial charge in [0.05, 0.1) is 12.2 Å². The van der Waals surface area contributed by atoms with Gasteiger partial charge in [-0.2, -0.15) is 0 Å². The number of hydrogen-bond acceptors (Lipinski definition) is 5. The quantitative estimate of drug-likeness (QED) is 0.866. The van der Waals surface area contributed by atoms with Crippen LogP contribution < -0.4 is 10.5 Å². The number of benzene rings is 1. The standard InChI is InChI=1S/C14H13BrN2O3/c1-2-19-14(18)11-6-7-17-13(12(11)16)20-10-5-3-4-9(15)8-10/h3-8H,2,16H2,1H3. The molecule has 0 fully saturated rings. The third-order valence-electron chi connectivity index (χ3n) is 2.46. The third-order valence-corrected chi connectivity index (χ3v) is 2.95. The number of carbonyl (C=O) groups is 1. The number of aromatic nitrogens is 1. The fourth-order valence-electron chi connectivity index (χ4n) is 1.56. The number of nitrogens with two attached hydrogens (primary N) is 1. The zero-order chi connectivity index (χ0) is 14.5. The van der Waals surface area contributed by atoms with Crippen LogP contribution in [-0.4, -0.2) is 17.6 Å². The molecular weight excluding hydrogens is 324 g/mol. The molecule has 0 unspecified atom stereocenters. The largest absolute Gasteiger partial charge is 0.462 e. The summed E-state index contributed by atoms with van der Waals surface area (Å²) in [5, 5.41) is 0. The van der Waals surface area contributed by atoms with Crippen molar-refractivity contribution < 1.29 is 14.3 Å². The van der Waals surface area contributed by atoms with E-state index in [4.69, 9.17) is 15.2 Å². The first kappa shape index (κ1) is 14.3. The van der Waals surface area contributed by atoms with Crippen LogP contribution in [0.15, 0.2) is 41.0 Å². The molecule has 5 nitrogen and oxygen atoms in total. The molecule has 0 aliphatic carbocycles. The Morgan fingerprint density at radius 1 is 1.40 bits per heavy atom. The molecule has 0 atom stereocenters. The van der Waals surface area contributed by atoms with Gasteiger partial charge in [-0.1, -0.05) is 22.0 Å². The van der Waals surface area contributed by atoms with Crippen molar-refractivity contribution >= 4 is 27.6 Å². The normalized spacial score (nSPS) is 10.1. The van der Waals surface area contributed by atoms with Gasteiger partial charge in [-0.25, -0.2) is 9.78 Å². The molecule has 2 N–H and O–H groups in total. The molecule has 0 saturated heterocycles. The van der Waals surface area contributed by atoms with Crippen LogP contribution in [0.3, 0.4) is 0 Å². The maximum atomic E-state index is 11.7. The van der Waals surface area contributed by atoms with Crippen molar-refractivity contribution in [3.05, 3.63) is 46.6 Å². The maximum absolute atomic E-state index is 11.7. The lowest BCUT2D eigenvalue weighted by molar-refractivity contribution is 0.0527. The van der Waals surface area contributed by atoms with Crippen molar-refractivity contribution in [2.75, 3.05) is 12.3 Å². The number of hydrogen-bond donors (Lipinski definition) is 1. The van der Waals surface area contributed by atoms with Crippen LogP contribution in [0, 0.1) is 0 Å². The molecule has 20 heavy (non-hydrogen) atoms. The summed E-state index contributed by atoms with van der Waals surface area (Å²) in [6, 6.07) is 8.74. The summed E-state index contributed by atoms with van der Waals surface area (Å²) in [5.74, 6) is 0.250. The minimum atomic E-state index is -0.494. The average Bonchev–Trinajstić information content (AvgIpc) is 2.41. The van der Waals surface area contributed by atoms with Crippen molar-refractivity contribution in [2.24, 2.45) is 0 Å². The van der Waals surface area contributed by atoms with Crippen molar-refractivity contribution in [3.8, 4) is 11.6 Å². The molecule has 6 heteroatoms. The predicted octanol–water partition coefficient (Wildman–Crippen LogP) is 3.40. The minimum absolute atomic E-state index is 0.158. The number of carbonyl (C=O) groups excluding carboxylic acids is 1. The summed E-state index contributed by atoms with van der Waals surface area (Å²) in [5.41, 5.74) is 6.30. The van der Waals surface area contributed by atoms with Gasteiger partial charge in [0.15, 0.2) is 0 Å². The van der Waals surface area contributed by atoms with E-state index >= 15 is 0 Å². The molecule has 0 radical (unpaired) electrons. The second-order valence-electron chi connectivity index (χ2n) is 3.86. The lowest BCUT2D eigenvalue weighted by Gasteiger charge is -2.10. The van der Waals surface area contributed by atoms with Gasteiger partial charge >= 0.3 is 5.97 Å². The molecular formula is C14H13BrN2O3. The first-order chi connectivity index (χ1) is 9.61. The second kappa shape index (κ2) is 6.38. The lowest BCUT2D eigenvalue weighted by Crippen LogP contribution is -2.09. The lowest BCUT2D eigenvalue weighted by atomic mass is 10.2. The van der Waals surface area contributed by atoms with E-state index in [0.29, 0.717) is 5.75 Å². The molecule has 1 aromatic carbocycles. The number of esters is 1. The Bertz CT molecular complexity index is 632. The van der Waals surface area contributed by atoms with Crippen LogP contribution >= 0.6 is 15.9 Å². The molecule has 0 spiro atoms. The second-order valence-corrected chi connectivity index (χ2v) is 4.77. The van der Waals surface area contributed by atoms with Gasteiger partial charge in [-0.3, -0.25) is 0 Å². The Hall–Kier alpha value is -2.08. The monoisotopic (exact) mass is 336 g/mol. The molecule has 2 rings (SSSR count). The summed E-state index contributed by atoms with van der Waals surface area (Å²) in [7, 11) is 0. The molecule has 0 aliphatic heterocycles. The van der Waals surface area contributed by atoms with Crippen LogP contribution in [0.5, 0.6) is 11.6 Å². The number of halogens is 1. The highest BCUT2D eigenvalue weighted by atomic mass is 79.9. The molecule has 104 valence electrons. The summed E-state index contributed by atoms with van der Waals surface area (Å²) in [4.78, 5) is 15.8. The first-order valence-electron chi connectivity index (χ1n) is 5.97. The van der Waals surface area contributed by atoms with Gasteiger partial charge in [0.2, 0.25) is 5.88 Å². The van der Waals surface area contributed by atoms with Crippen LogP contribution in [-0.2, 0) is 4.74 Å². The molecule has 0 saturated carbocycles. The van der Waals surface area contributed by atoms with Crippen LogP contribution in [0.2, 0.25) is 0 Å². The molecule has 2 aromatic rings. The van der Waals surface area contributed by atoms with Crippen molar-refractivity contribution in [2.45, 2.75) is 6.92 Å². The fraction of sp³-hybridized carbons (Fsp3) is 0.143. The zero-order valence-electron chi connectivity index (χ0n) is 10.8. The SMILES string of the molecule is CCOC(=O)c1ccnc(Oc2cccc(Br)c2)c1N. The number of pyridine rings is 1. The molecule has 1 heterocycles. The highest BCUT2D eigenvalue weighted by Gasteiger charge is 2.15. The van der Waals surface area contributed by atoms with E-state index in [1.54, 1.807) is 19.1 Å². The summed E-state index contributed by atoms with van der Waals surface area (Å²) in [6.07, 6.45) is 1.45. The maximum Gasteiger partial charge on any atom is 0.340 e. The Balaban J connectivity index is 2.29. The Labute approximate surface area is 124 Å². The summed E-state index contributed by atoms with van der Waals surface area (Å²) in [6.45, 7) is 2.01. The van der Waals surface area contributed by atoms with Gasteiger partial charge < -0.3 is 15.2 Å². The minimum Gasteiger partial charge on any atom is -0.462 e. The topological polar surface area (TPSA) is 74.4 Å². The first-order valence-corrected chi connectivity index (χ1v) is 6.76. The molecule has 0 aliphatic rings. The van der Waals surface area contributed by atoms with E-state index in [0.717, 1.165) is 4.47 Å². The van der Waals surface area contributed by atoms with Gasteiger partial charge in [0.1, 0.15) is 11.4 Å². The van der Waals surface area contributed by atoms with E-state index in [1.165, 1.54) is 12.3 Å².